The Bertz CT molecular complexity index is 903. The van der Waals surface area contributed by atoms with Crippen molar-refractivity contribution < 1.29 is 0 Å². The summed E-state index contributed by atoms with van der Waals surface area (Å²) in [6.07, 6.45) is 6.68. The Hall–Kier alpha value is -2.14. The lowest BCUT2D eigenvalue weighted by atomic mass is 9.83. The second kappa shape index (κ2) is 8.91. The molecule has 5 nitrogen and oxygen atoms in total. The highest BCUT2D eigenvalue weighted by Gasteiger charge is 2.19. The average molecular weight is 384 g/mol. The summed E-state index contributed by atoms with van der Waals surface area (Å²) in [4.78, 5) is 24.1. The van der Waals surface area contributed by atoms with Crippen molar-refractivity contribution in [2.24, 2.45) is 20.0 Å². The van der Waals surface area contributed by atoms with Crippen LogP contribution >= 0.6 is 0 Å². The fourth-order valence-corrected chi connectivity index (χ4v) is 4.31. The van der Waals surface area contributed by atoms with Crippen LogP contribution in [0.1, 0.15) is 74.7 Å². The number of hydrogen-bond acceptors (Lipinski definition) is 3. The number of nitrogens with one attached hydrogen (secondary N) is 1. The van der Waals surface area contributed by atoms with Crippen LogP contribution in [0.15, 0.2) is 39.9 Å². The largest absolute Gasteiger partial charge is 0.330 e. The van der Waals surface area contributed by atoms with Gasteiger partial charge in [0.15, 0.2) is 0 Å². The standard InChI is InChI=1S/C23H33N3O2/c1-16(2)22(24-15-20-14-21(27)26(4)23(28)25(20)3)19-12-10-18(11-13-19)17-8-6-5-7-9-17/h10-14,16-17,22,24H,5-9,15H2,1-4H3/t22-/m0/s1. The SMILES string of the molecule is CC(C)[C@H](NCc1cc(=O)n(C)c(=O)n1C)c1ccc(C2CCCCC2)cc1. The molecule has 1 aliphatic carbocycles. The molecule has 2 aromatic rings. The Morgan fingerprint density at radius 1 is 1.00 bits per heavy atom. The molecule has 0 aliphatic heterocycles. The van der Waals surface area contributed by atoms with Gasteiger partial charge in [0.2, 0.25) is 0 Å². The average Bonchev–Trinajstić information content (AvgIpc) is 2.71. The summed E-state index contributed by atoms with van der Waals surface area (Å²) in [5.41, 5.74) is 2.86. The van der Waals surface area contributed by atoms with Crippen LogP contribution in [0.2, 0.25) is 0 Å². The molecule has 1 N–H and O–H groups in total. The molecule has 0 spiro atoms. The van der Waals surface area contributed by atoms with E-state index >= 15 is 0 Å². The lowest BCUT2D eigenvalue weighted by Crippen LogP contribution is -2.39. The Morgan fingerprint density at radius 3 is 2.25 bits per heavy atom. The topological polar surface area (TPSA) is 56.0 Å². The van der Waals surface area contributed by atoms with E-state index in [9.17, 15) is 9.59 Å². The van der Waals surface area contributed by atoms with Gasteiger partial charge in [-0.2, -0.15) is 0 Å². The van der Waals surface area contributed by atoms with E-state index < -0.39 is 0 Å². The van der Waals surface area contributed by atoms with E-state index in [1.807, 2.05) is 0 Å². The Morgan fingerprint density at radius 2 is 1.64 bits per heavy atom. The van der Waals surface area contributed by atoms with E-state index in [1.165, 1.54) is 60.9 Å². The summed E-state index contributed by atoms with van der Waals surface area (Å²) in [5, 5.41) is 3.56. The van der Waals surface area contributed by atoms with E-state index in [2.05, 4.69) is 43.4 Å². The van der Waals surface area contributed by atoms with Gasteiger partial charge in [-0.25, -0.2) is 4.79 Å². The maximum atomic E-state index is 12.1. The highest BCUT2D eigenvalue weighted by molar-refractivity contribution is 5.28. The first-order chi connectivity index (χ1) is 13.4. The molecule has 0 bridgehead atoms. The predicted molar refractivity (Wildman–Crippen MR) is 114 cm³/mol. The monoisotopic (exact) mass is 383 g/mol. The normalized spacial score (nSPS) is 16.5. The van der Waals surface area contributed by atoms with Crippen molar-refractivity contribution in [3.8, 4) is 0 Å². The van der Waals surface area contributed by atoms with Crippen LogP contribution in [0.25, 0.3) is 0 Å². The molecule has 0 unspecified atom stereocenters. The minimum atomic E-state index is -0.290. The zero-order valence-corrected chi connectivity index (χ0v) is 17.6. The van der Waals surface area contributed by atoms with Crippen LogP contribution in [-0.2, 0) is 20.6 Å². The maximum absolute atomic E-state index is 12.1. The Balaban J connectivity index is 1.75. The van der Waals surface area contributed by atoms with Crippen LogP contribution < -0.4 is 16.6 Å². The summed E-state index contributed by atoms with van der Waals surface area (Å²) in [7, 11) is 3.22. The molecule has 0 amide bonds. The van der Waals surface area contributed by atoms with Crippen molar-refractivity contribution in [3.63, 3.8) is 0 Å². The van der Waals surface area contributed by atoms with Crippen LogP contribution in [0.3, 0.4) is 0 Å². The Kier molecular flexibility index (Phi) is 6.55. The molecule has 5 heteroatoms. The quantitative estimate of drug-likeness (QED) is 0.829. The molecule has 1 aromatic heterocycles. The first-order valence-electron chi connectivity index (χ1n) is 10.5. The van der Waals surface area contributed by atoms with Gasteiger partial charge in [0.1, 0.15) is 0 Å². The molecule has 1 atom stereocenters. The highest BCUT2D eigenvalue weighted by Crippen LogP contribution is 2.33. The summed E-state index contributed by atoms with van der Waals surface area (Å²) in [5.74, 6) is 1.10. The van der Waals surface area contributed by atoms with Crippen molar-refractivity contribution in [1.29, 1.82) is 0 Å². The third-order valence-corrected chi connectivity index (χ3v) is 6.17. The van der Waals surface area contributed by atoms with Crippen molar-refractivity contribution >= 4 is 0 Å². The minimum absolute atomic E-state index is 0.166. The van der Waals surface area contributed by atoms with Crippen molar-refractivity contribution in [2.45, 2.75) is 64.5 Å². The van der Waals surface area contributed by atoms with Crippen LogP contribution in [0, 0.1) is 5.92 Å². The van der Waals surface area contributed by atoms with Crippen LogP contribution in [0.5, 0.6) is 0 Å². The van der Waals surface area contributed by atoms with Gasteiger partial charge >= 0.3 is 5.69 Å². The highest BCUT2D eigenvalue weighted by atomic mass is 16.2. The maximum Gasteiger partial charge on any atom is 0.330 e. The first-order valence-corrected chi connectivity index (χ1v) is 10.5. The van der Waals surface area contributed by atoms with Gasteiger partial charge < -0.3 is 5.32 Å². The van der Waals surface area contributed by atoms with Gasteiger partial charge in [0.05, 0.1) is 0 Å². The molecule has 1 fully saturated rings. The van der Waals surface area contributed by atoms with E-state index in [-0.39, 0.29) is 17.3 Å². The lowest BCUT2D eigenvalue weighted by Gasteiger charge is -2.25. The lowest BCUT2D eigenvalue weighted by molar-refractivity contribution is 0.403. The van der Waals surface area contributed by atoms with Crippen molar-refractivity contribution in [1.82, 2.24) is 14.5 Å². The summed E-state index contributed by atoms with van der Waals surface area (Å²) >= 11 is 0. The molecule has 1 heterocycles. The fourth-order valence-electron chi connectivity index (χ4n) is 4.31. The van der Waals surface area contributed by atoms with Crippen LogP contribution in [-0.4, -0.2) is 9.13 Å². The Labute approximate surface area is 167 Å². The number of hydrogen-bond donors (Lipinski definition) is 1. The summed E-state index contributed by atoms with van der Waals surface area (Å²) in [6, 6.07) is 10.8. The molecule has 1 saturated carbocycles. The molecule has 1 aliphatic rings. The van der Waals surface area contributed by atoms with Gasteiger partial charge in [-0.15, -0.1) is 0 Å². The molecule has 1 aromatic carbocycles. The van der Waals surface area contributed by atoms with Gasteiger partial charge in [0.25, 0.3) is 5.56 Å². The molecule has 0 radical (unpaired) electrons. The first kappa shape index (κ1) is 20.6. The van der Waals surface area contributed by atoms with Crippen molar-refractivity contribution in [2.75, 3.05) is 0 Å². The number of aromatic nitrogens is 2. The zero-order valence-electron chi connectivity index (χ0n) is 17.6. The third-order valence-electron chi connectivity index (χ3n) is 6.17. The van der Waals surface area contributed by atoms with E-state index in [0.29, 0.717) is 24.1 Å². The van der Waals surface area contributed by atoms with E-state index in [4.69, 9.17) is 0 Å². The predicted octanol–water partition coefficient (Wildman–Crippen LogP) is 3.62. The van der Waals surface area contributed by atoms with Gasteiger partial charge in [-0.05, 0) is 35.8 Å². The summed E-state index contributed by atoms with van der Waals surface area (Å²) < 4.78 is 2.67. The summed E-state index contributed by atoms with van der Waals surface area (Å²) in [6.45, 7) is 4.86. The van der Waals surface area contributed by atoms with E-state index in [1.54, 1.807) is 7.05 Å². The minimum Gasteiger partial charge on any atom is -0.304 e. The molecule has 152 valence electrons. The second-order valence-corrected chi connectivity index (χ2v) is 8.48. The number of rotatable bonds is 6. The number of nitrogens with zero attached hydrogens (tertiary/aromatic N) is 2. The molecule has 3 rings (SSSR count). The van der Waals surface area contributed by atoms with Gasteiger partial charge in [-0.1, -0.05) is 57.4 Å². The molecule has 28 heavy (non-hydrogen) atoms. The smallest absolute Gasteiger partial charge is 0.304 e. The van der Waals surface area contributed by atoms with Crippen molar-refractivity contribution in [3.05, 3.63) is 68.0 Å². The zero-order chi connectivity index (χ0) is 20.3. The second-order valence-electron chi connectivity index (χ2n) is 8.48. The van der Waals surface area contributed by atoms with E-state index in [0.717, 1.165) is 4.57 Å². The number of benzene rings is 1. The van der Waals surface area contributed by atoms with Crippen LogP contribution in [0.4, 0.5) is 0 Å². The molecule has 0 saturated heterocycles. The molecular formula is C23H33N3O2. The fraction of sp³-hybridized carbons (Fsp3) is 0.565. The van der Waals surface area contributed by atoms with Gasteiger partial charge in [0, 0.05) is 38.4 Å². The molecular weight excluding hydrogens is 350 g/mol. The third kappa shape index (κ3) is 4.46. The van der Waals surface area contributed by atoms with Gasteiger partial charge in [-0.3, -0.25) is 13.9 Å².